The maximum absolute atomic E-state index is 12.5. The number of nitrogens with zero attached hydrogens (tertiary/aromatic N) is 3. The van der Waals surface area contributed by atoms with Gasteiger partial charge in [0, 0.05) is 13.1 Å². The zero-order valence-electron chi connectivity index (χ0n) is 18.3. The summed E-state index contributed by atoms with van der Waals surface area (Å²) < 4.78 is 16.3. The van der Waals surface area contributed by atoms with Crippen molar-refractivity contribution in [1.82, 2.24) is 14.9 Å². The lowest BCUT2D eigenvalue weighted by Crippen LogP contribution is -2.39. The summed E-state index contributed by atoms with van der Waals surface area (Å²) in [6, 6.07) is 7.86. The molecule has 1 fully saturated rings. The number of benzene rings is 1. The average Bonchev–Trinajstić information content (AvgIpc) is 2.78. The Hall–Kier alpha value is -3.13. The van der Waals surface area contributed by atoms with E-state index in [1.807, 2.05) is 32.0 Å². The largest absolute Gasteiger partial charge is 0.491 e. The van der Waals surface area contributed by atoms with Crippen LogP contribution in [0.5, 0.6) is 11.6 Å². The van der Waals surface area contributed by atoms with Gasteiger partial charge in [-0.2, -0.15) is 0 Å². The topological polar surface area (TPSA) is 85.8 Å². The molecular weight excluding hydrogens is 396 g/mol. The molecule has 2 aromatic rings. The van der Waals surface area contributed by atoms with Gasteiger partial charge >= 0.3 is 6.03 Å². The molecule has 1 saturated heterocycles. The Bertz CT molecular complexity index is 873. The Kier molecular flexibility index (Phi) is 8.23. The molecule has 166 valence electrons. The van der Waals surface area contributed by atoms with Crippen LogP contribution in [0.1, 0.15) is 32.3 Å². The maximum Gasteiger partial charge on any atom is 0.323 e. The van der Waals surface area contributed by atoms with Gasteiger partial charge in [0.05, 0.1) is 32.2 Å². The predicted octanol–water partition coefficient (Wildman–Crippen LogP) is 4.00. The fourth-order valence-corrected chi connectivity index (χ4v) is 3.19. The van der Waals surface area contributed by atoms with Crippen LogP contribution in [-0.4, -0.2) is 60.4 Å². The summed E-state index contributed by atoms with van der Waals surface area (Å²) in [6.07, 6.45) is 7.00. The highest BCUT2D eigenvalue weighted by molar-refractivity contribution is 5.88. The molecule has 8 heteroatoms. The van der Waals surface area contributed by atoms with Gasteiger partial charge < -0.3 is 19.1 Å². The molecule has 0 spiro atoms. The minimum Gasteiger partial charge on any atom is -0.491 e. The van der Waals surface area contributed by atoms with Crippen molar-refractivity contribution in [2.45, 2.75) is 32.8 Å². The molecule has 0 atom stereocenters. The summed E-state index contributed by atoms with van der Waals surface area (Å²) in [5.74, 6) is 1.64. The molecule has 0 unspecified atom stereocenters. The number of nitrogens with one attached hydrogen (secondary N) is 1. The highest BCUT2D eigenvalue weighted by atomic mass is 16.5. The number of piperidine rings is 1. The Balaban J connectivity index is 1.48. The lowest BCUT2D eigenvalue weighted by atomic mass is 10.0. The molecule has 1 aromatic heterocycles. The minimum atomic E-state index is -0.169. The number of rotatable bonds is 8. The Labute approximate surface area is 183 Å². The van der Waals surface area contributed by atoms with Crippen molar-refractivity contribution < 1.29 is 19.0 Å². The first-order valence-electron chi connectivity index (χ1n) is 10.5. The fourth-order valence-electron chi connectivity index (χ4n) is 3.19. The third-order valence-corrected chi connectivity index (χ3v) is 4.80. The van der Waals surface area contributed by atoms with Gasteiger partial charge in [-0.05, 0) is 44.4 Å². The molecule has 31 heavy (non-hydrogen) atoms. The van der Waals surface area contributed by atoms with Crippen LogP contribution in [0.3, 0.4) is 0 Å². The van der Waals surface area contributed by atoms with Crippen LogP contribution in [0, 0.1) is 0 Å². The minimum absolute atomic E-state index is 0.169. The molecule has 3 rings (SSSR count). The molecule has 0 aliphatic carbocycles. The average molecular weight is 427 g/mol. The second kappa shape index (κ2) is 11.3. The number of hydrogen-bond donors (Lipinski definition) is 1. The second-order valence-electron chi connectivity index (χ2n) is 7.50. The number of likely N-dealkylation sites (tertiary alicyclic amines) is 1. The molecular formula is C23H30N4O4. The van der Waals surface area contributed by atoms with E-state index in [2.05, 4.69) is 27.4 Å². The normalized spacial score (nSPS) is 13.8. The van der Waals surface area contributed by atoms with Crippen molar-refractivity contribution in [3.63, 3.8) is 0 Å². The molecule has 0 saturated carbocycles. The fraction of sp³-hybridized carbons (Fsp3) is 0.435. The van der Waals surface area contributed by atoms with Crippen LogP contribution in [0.15, 0.2) is 42.2 Å². The van der Waals surface area contributed by atoms with Gasteiger partial charge in [0.25, 0.3) is 0 Å². The van der Waals surface area contributed by atoms with Gasteiger partial charge in [-0.15, -0.1) is 0 Å². The first-order chi connectivity index (χ1) is 15.0. The number of carbonyl (C=O) groups excluding carboxylic acids is 1. The third kappa shape index (κ3) is 7.25. The van der Waals surface area contributed by atoms with Crippen LogP contribution in [-0.2, 0) is 4.74 Å². The lowest BCUT2D eigenvalue weighted by Gasteiger charge is -2.28. The van der Waals surface area contributed by atoms with Crippen LogP contribution in [0.2, 0.25) is 0 Å². The smallest absolute Gasteiger partial charge is 0.323 e. The number of carbonyl (C=O) groups is 1. The maximum atomic E-state index is 12.5. The van der Waals surface area contributed by atoms with Gasteiger partial charge in [-0.3, -0.25) is 5.32 Å². The number of urea groups is 1. The van der Waals surface area contributed by atoms with E-state index in [-0.39, 0.29) is 12.1 Å². The van der Waals surface area contributed by atoms with E-state index in [1.165, 1.54) is 25.1 Å². The number of aromatic nitrogens is 2. The van der Waals surface area contributed by atoms with Crippen LogP contribution in [0.4, 0.5) is 10.6 Å². The van der Waals surface area contributed by atoms with Crippen molar-refractivity contribution in [3.05, 3.63) is 47.8 Å². The van der Waals surface area contributed by atoms with Crippen LogP contribution < -0.4 is 14.8 Å². The molecule has 2 amide bonds. The Morgan fingerprint density at radius 3 is 2.68 bits per heavy atom. The molecule has 2 heterocycles. The second-order valence-corrected chi connectivity index (χ2v) is 7.50. The number of methoxy groups -OCH3 is 1. The monoisotopic (exact) mass is 426 g/mol. The summed E-state index contributed by atoms with van der Waals surface area (Å²) in [7, 11) is 1.52. The molecule has 8 nitrogen and oxygen atoms in total. The summed E-state index contributed by atoms with van der Waals surface area (Å²) in [4.78, 5) is 22.4. The van der Waals surface area contributed by atoms with Gasteiger partial charge in [0.15, 0.2) is 5.82 Å². The third-order valence-electron chi connectivity index (χ3n) is 4.80. The van der Waals surface area contributed by atoms with Crippen molar-refractivity contribution in [2.75, 3.05) is 38.7 Å². The molecule has 1 aliphatic heterocycles. The van der Waals surface area contributed by atoms with Crippen molar-refractivity contribution in [2.24, 2.45) is 0 Å². The predicted molar refractivity (Wildman–Crippen MR) is 119 cm³/mol. The molecule has 0 radical (unpaired) electrons. The van der Waals surface area contributed by atoms with Crippen molar-refractivity contribution >= 4 is 17.9 Å². The van der Waals surface area contributed by atoms with E-state index in [4.69, 9.17) is 14.2 Å². The molecule has 1 aromatic carbocycles. The molecule has 1 N–H and O–H groups in total. The SMILES string of the molecule is COc1cnc(NC(=O)N2CCC(=Cc3cccc(OCCOC(C)C)c3)CC2)cn1. The number of ether oxygens (including phenoxy) is 3. The van der Waals surface area contributed by atoms with E-state index < -0.39 is 0 Å². The van der Waals surface area contributed by atoms with Crippen molar-refractivity contribution in [3.8, 4) is 11.6 Å². The summed E-state index contributed by atoms with van der Waals surface area (Å²) in [6.45, 7) is 6.43. The van der Waals surface area contributed by atoms with Crippen LogP contribution >= 0.6 is 0 Å². The quantitative estimate of drug-likeness (QED) is 0.642. The highest BCUT2D eigenvalue weighted by Gasteiger charge is 2.19. The standard InChI is InChI=1S/C23H30N4O4/c1-17(2)30-11-12-31-20-6-4-5-19(14-20)13-18-7-9-27(10-8-18)23(28)26-21-15-25-22(29-3)16-24-21/h4-6,13-17H,7-12H2,1-3H3,(H,24,26,28). The Morgan fingerprint density at radius 2 is 2.00 bits per heavy atom. The first kappa shape index (κ1) is 22.6. The first-order valence-corrected chi connectivity index (χ1v) is 10.5. The number of anilines is 1. The van der Waals surface area contributed by atoms with Gasteiger partial charge in [0.1, 0.15) is 12.4 Å². The molecule has 1 aliphatic rings. The van der Waals surface area contributed by atoms with E-state index in [0.717, 1.165) is 24.2 Å². The summed E-state index contributed by atoms with van der Waals surface area (Å²) in [5.41, 5.74) is 2.41. The van der Waals surface area contributed by atoms with Crippen LogP contribution in [0.25, 0.3) is 6.08 Å². The zero-order chi connectivity index (χ0) is 22.1. The highest BCUT2D eigenvalue weighted by Crippen LogP contribution is 2.22. The van der Waals surface area contributed by atoms with E-state index in [9.17, 15) is 4.79 Å². The summed E-state index contributed by atoms with van der Waals surface area (Å²) >= 11 is 0. The zero-order valence-corrected chi connectivity index (χ0v) is 18.3. The summed E-state index contributed by atoms with van der Waals surface area (Å²) in [5, 5.41) is 2.78. The Morgan fingerprint density at radius 1 is 1.19 bits per heavy atom. The number of hydrogen-bond acceptors (Lipinski definition) is 6. The lowest BCUT2D eigenvalue weighted by molar-refractivity contribution is 0.0552. The van der Waals surface area contributed by atoms with Gasteiger partial charge in [-0.25, -0.2) is 14.8 Å². The van der Waals surface area contributed by atoms with Gasteiger partial charge in [0.2, 0.25) is 5.88 Å². The number of amides is 2. The molecule has 0 bridgehead atoms. The van der Waals surface area contributed by atoms with Crippen molar-refractivity contribution in [1.29, 1.82) is 0 Å². The van der Waals surface area contributed by atoms with Gasteiger partial charge in [-0.1, -0.05) is 23.8 Å². The van der Waals surface area contributed by atoms with E-state index in [1.54, 1.807) is 4.90 Å². The van der Waals surface area contributed by atoms with E-state index in [0.29, 0.717) is 38.0 Å². The van der Waals surface area contributed by atoms with E-state index >= 15 is 0 Å².